The highest BCUT2D eigenvalue weighted by molar-refractivity contribution is 7.92. The molecule has 0 spiro atoms. The van der Waals surface area contributed by atoms with Gasteiger partial charge in [-0.25, -0.2) is 8.42 Å². The molecule has 0 fully saturated rings. The van der Waals surface area contributed by atoms with Crippen LogP contribution in [0.25, 0.3) is 0 Å². The number of sulfone groups is 1. The minimum absolute atomic E-state index is 0.149. The molecular weight excluding hydrogens is 342 g/mol. The summed E-state index contributed by atoms with van der Waals surface area (Å²) in [4.78, 5) is 12.4. The van der Waals surface area contributed by atoms with Gasteiger partial charge in [-0.1, -0.05) is 12.1 Å². The number of fused-ring (bicyclic) bond motifs is 1. The van der Waals surface area contributed by atoms with Gasteiger partial charge in [-0.05, 0) is 43.7 Å². The van der Waals surface area contributed by atoms with Crippen LogP contribution in [-0.4, -0.2) is 26.4 Å². The Balaban J connectivity index is 1.65. The molecule has 0 saturated heterocycles. The zero-order valence-electron chi connectivity index (χ0n) is 14.0. The Kier molecular flexibility index (Phi) is 4.67. The number of ether oxygens (including phenoxy) is 2. The summed E-state index contributed by atoms with van der Waals surface area (Å²) in [6, 6.07) is 11.6. The number of hydrogen-bond donors (Lipinski definition) is 1. The van der Waals surface area contributed by atoms with Crippen LogP contribution in [0.3, 0.4) is 0 Å². The van der Waals surface area contributed by atoms with Crippen molar-refractivity contribution >= 4 is 21.4 Å². The molecule has 2 aromatic carbocycles. The minimum atomic E-state index is -3.30. The molecule has 0 atom stereocenters. The van der Waals surface area contributed by atoms with Crippen LogP contribution in [0.5, 0.6) is 11.5 Å². The van der Waals surface area contributed by atoms with Crippen LogP contribution >= 0.6 is 0 Å². The Bertz CT molecular complexity index is 888. The summed E-state index contributed by atoms with van der Waals surface area (Å²) < 4.78 is 34.7. The molecule has 3 rings (SSSR count). The summed E-state index contributed by atoms with van der Waals surface area (Å²) in [5.74, 6) is 1.05. The normalized spacial score (nSPS) is 13.1. The third kappa shape index (κ3) is 3.76. The molecule has 1 N–H and O–H groups in total. The molecule has 0 aromatic heterocycles. The van der Waals surface area contributed by atoms with Crippen LogP contribution in [-0.2, 0) is 21.1 Å². The second-order valence-electron chi connectivity index (χ2n) is 6.03. The summed E-state index contributed by atoms with van der Waals surface area (Å²) in [6.07, 6.45) is 0.149. The Morgan fingerprint density at radius 2 is 1.76 bits per heavy atom. The lowest BCUT2D eigenvalue weighted by atomic mass is 10.1. The van der Waals surface area contributed by atoms with E-state index in [-0.39, 0.29) is 24.0 Å². The number of hydrogen-bond acceptors (Lipinski definition) is 5. The maximum absolute atomic E-state index is 12.2. The maximum Gasteiger partial charge on any atom is 0.231 e. The first-order valence-corrected chi connectivity index (χ1v) is 9.43. The van der Waals surface area contributed by atoms with E-state index in [9.17, 15) is 13.2 Å². The first kappa shape index (κ1) is 17.3. The minimum Gasteiger partial charge on any atom is -0.454 e. The number of carbonyl (C=O) groups is 1. The van der Waals surface area contributed by atoms with E-state index in [2.05, 4.69) is 5.32 Å². The standard InChI is InChI=1S/C18H19NO5S/c1-12(2)25(21,22)15-6-3-13(4-7-15)9-18(20)19-14-5-8-16-17(10-14)24-11-23-16/h3-8,10,12H,9,11H2,1-2H3,(H,19,20). The lowest BCUT2D eigenvalue weighted by molar-refractivity contribution is -0.115. The van der Waals surface area contributed by atoms with Crippen LogP contribution in [0.4, 0.5) is 5.69 Å². The molecule has 0 aliphatic carbocycles. The second-order valence-corrected chi connectivity index (χ2v) is 8.53. The first-order valence-electron chi connectivity index (χ1n) is 7.88. The van der Waals surface area contributed by atoms with Gasteiger partial charge in [-0.2, -0.15) is 0 Å². The van der Waals surface area contributed by atoms with E-state index in [1.165, 1.54) is 0 Å². The lowest BCUT2D eigenvalue weighted by Crippen LogP contribution is -2.15. The van der Waals surface area contributed by atoms with Crippen LogP contribution < -0.4 is 14.8 Å². The largest absolute Gasteiger partial charge is 0.454 e. The van der Waals surface area contributed by atoms with Crippen molar-refractivity contribution < 1.29 is 22.7 Å². The second kappa shape index (κ2) is 6.76. The molecule has 1 aliphatic heterocycles. The van der Waals surface area contributed by atoms with E-state index in [4.69, 9.17) is 9.47 Å². The van der Waals surface area contributed by atoms with E-state index in [1.807, 2.05) is 0 Å². The Labute approximate surface area is 146 Å². The third-order valence-electron chi connectivity index (χ3n) is 3.89. The van der Waals surface area contributed by atoms with Crippen LogP contribution in [0.2, 0.25) is 0 Å². The fourth-order valence-corrected chi connectivity index (χ4v) is 3.49. The van der Waals surface area contributed by atoms with Crippen LogP contribution in [0.15, 0.2) is 47.4 Å². The van der Waals surface area contributed by atoms with Crippen molar-refractivity contribution in [2.24, 2.45) is 0 Å². The van der Waals surface area contributed by atoms with Gasteiger partial charge in [0.25, 0.3) is 0 Å². The summed E-state index contributed by atoms with van der Waals surface area (Å²) in [5.41, 5.74) is 1.36. The van der Waals surface area contributed by atoms with Gasteiger partial charge in [0, 0.05) is 11.8 Å². The van der Waals surface area contributed by atoms with E-state index >= 15 is 0 Å². The zero-order chi connectivity index (χ0) is 18.0. The maximum atomic E-state index is 12.2. The molecule has 1 amide bonds. The van der Waals surface area contributed by atoms with Gasteiger partial charge < -0.3 is 14.8 Å². The van der Waals surface area contributed by atoms with Crippen molar-refractivity contribution in [3.8, 4) is 11.5 Å². The molecule has 0 bridgehead atoms. The SMILES string of the molecule is CC(C)S(=O)(=O)c1ccc(CC(=O)Nc2ccc3c(c2)OCO3)cc1. The number of amides is 1. The Hall–Kier alpha value is -2.54. The van der Waals surface area contributed by atoms with E-state index in [0.717, 1.165) is 5.56 Å². The lowest BCUT2D eigenvalue weighted by Gasteiger charge is -2.09. The topological polar surface area (TPSA) is 81.7 Å². The van der Waals surface area contributed by atoms with Crippen molar-refractivity contribution in [3.05, 3.63) is 48.0 Å². The monoisotopic (exact) mass is 361 g/mol. The van der Waals surface area contributed by atoms with Gasteiger partial charge >= 0.3 is 0 Å². The summed E-state index contributed by atoms with van der Waals surface area (Å²) in [5, 5.41) is 2.31. The van der Waals surface area contributed by atoms with Crippen LogP contribution in [0, 0.1) is 0 Å². The van der Waals surface area contributed by atoms with E-state index in [1.54, 1.807) is 56.3 Å². The van der Waals surface area contributed by atoms with Gasteiger partial charge in [0.2, 0.25) is 12.7 Å². The smallest absolute Gasteiger partial charge is 0.231 e. The van der Waals surface area contributed by atoms with E-state index in [0.29, 0.717) is 17.2 Å². The Morgan fingerprint density at radius 3 is 2.44 bits per heavy atom. The molecule has 132 valence electrons. The highest BCUT2D eigenvalue weighted by Crippen LogP contribution is 2.34. The Morgan fingerprint density at radius 1 is 1.08 bits per heavy atom. The summed E-state index contributed by atoms with van der Waals surface area (Å²) in [6.45, 7) is 3.46. The van der Waals surface area contributed by atoms with Gasteiger partial charge in [0.05, 0.1) is 16.6 Å². The van der Waals surface area contributed by atoms with Crippen molar-refractivity contribution in [2.75, 3.05) is 12.1 Å². The van der Waals surface area contributed by atoms with Gasteiger partial charge in [0.1, 0.15) is 0 Å². The van der Waals surface area contributed by atoms with Crippen LogP contribution in [0.1, 0.15) is 19.4 Å². The third-order valence-corrected chi connectivity index (χ3v) is 6.06. The fraction of sp³-hybridized carbons (Fsp3) is 0.278. The number of benzene rings is 2. The average molecular weight is 361 g/mol. The number of rotatable bonds is 5. The molecule has 1 aliphatic rings. The molecule has 1 heterocycles. The highest BCUT2D eigenvalue weighted by Gasteiger charge is 2.19. The molecule has 0 radical (unpaired) electrons. The summed E-state index contributed by atoms with van der Waals surface area (Å²) in [7, 11) is -3.30. The molecule has 7 heteroatoms. The predicted octanol–water partition coefficient (Wildman–Crippen LogP) is 2.78. The molecule has 2 aromatic rings. The van der Waals surface area contributed by atoms with Gasteiger partial charge in [0.15, 0.2) is 21.3 Å². The molecule has 25 heavy (non-hydrogen) atoms. The quantitative estimate of drug-likeness (QED) is 0.886. The van der Waals surface area contributed by atoms with Gasteiger partial charge in [-0.3, -0.25) is 4.79 Å². The average Bonchev–Trinajstić information content (AvgIpc) is 3.02. The fourth-order valence-electron chi connectivity index (χ4n) is 2.43. The highest BCUT2D eigenvalue weighted by atomic mass is 32.2. The molecule has 6 nitrogen and oxygen atoms in total. The zero-order valence-corrected chi connectivity index (χ0v) is 14.8. The number of carbonyl (C=O) groups excluding carboxylic acids is 1. The number of nitrogens with one attached hydrogen (secondary N) is 1. The van der Waals surface area contributed by atoms with E-state index < -0.39 is 15.1 Å². The van der Waals surface area contributed by atoms with Gasteiger partial charge in [-0.15, -0.1) is 0 Å². The van der Waals surface area contributed by atoms with Crippen molar-refractivity contribution in [1.29, 1.82) is 0 Å². The molecular formula is C18H19NO5S. The first-order chi connectivity index (χ1) is 11.9. The molecule has 0 saturated carbocycles. The van der Waals surface area contributed by atoms with Crippen molar-refractivity contribution in [3.63, 3.8) is 0 Å². The summed E-state index contributed by atoms with van der Waals surface area (Å²) >= 11 is 0. The van der Waals surface area contributed by atoms with Crippen molar-refractivity contribution in [1.82, 2.24) is 0 Å². The molecule has 0 unspecified atom stereocenters. The number of anilines is 1. The predicted molar refractivity (Wildman–Crippen MR) is 93.7 cm³/mol. The van der Waals surface area contributed by atoms with Crippen molar-refractivity contribution in [2.45, 2.75) is 30.4 Å².